The molecule has 0 heterocycles. The summed E-state index contributed by atoms with van der Waals surface area (Å²) >= 11 is 0. The fraction of sp³-hybridized carbons (Fsp3) is 0.786. The maximum Gasteiger partial charge on any atom is 0.472 e. The fourth-order valence-corrected chi connectivity index (χ4v) is 4.78. The van der Waals surface area contributed by atoms with E-state index in [-0.39, 0.29) is 19.8 Å². The second kappa shape index (κ2) is 22.4. The van der Waals surface area contributed by atoms with Gasteiger partial charge in [0.05, 0.1) is 26.4 Å². The first-order valence-electron chi connectivity index (χ1n) is 14.0. The first-order valence-corrected chi connectivity index (χ1v) is 15.4. The van der Waals surface area contributed by atoms with Gasteiger partial charge in [-0.25, -0.2) is 4.57 Å². The second-order valence-electron chi connectivity index (χ2n) is 9.50. The number of unbranched alkanes of at least 4 members (excludes halogenated alkanes) is 15. The fourth-order valence-electron chi connectivity index (χ4n) is 3.99. The summed E-state index contributed by atoms with van der Waals surface area (Å²) in [6.07, 6.45) is 19.8. The van der Waals surface area contributed by atoms with Gasteiger partial charge in [0, 0.05) is 0 Å². The van der Waals surface area contributed by atoms with Gasteiger partial charge in [0.2, 0.25) is 0 Å². The van der Waals surface area contributed by atoms with E-state index in [1.165, 1.54) is 83.5 Å². The van der Waals surface area contributed by atoms with Crippen LogP contribution in [0.15, 0.2) is 30.3 Å². The summed E-state index contributed by atoms with van der Waals surface area (Å²) in [6, 6.07) is 9.53. The third-order valence-electron chi connectivity index (χ3n) is 6.21. The molecule has 0 spiro atoms. The Morgan fingerprint density at radius 2 is 1.23 bits per heavy atom. The van der Waals surface area contributed by atoms with Gasteiger partial charge in [0.25, 0.3) is 0 Å². The van der Waals surface area contributed by atoms with E-state index in [0.717, 1.165) is 24.8 Å². The van der Waals surface area contributed by atoms with Crippen molar-refractivity contribution in [2.45, 2.75) is 122 Å². The lowest BCUT2D eigenvalue weighted by Crippen LogP contribution is -2.23. The second-order valence-corrected chi connectivity index (χ2v) is 11.0. The van der Waals surface area contributed by atoms with Crippen LogP contribution in [0.3, 0.4) is 0 Å². The minimum atomic E-state index is -4.14. The Morgan fingerprint density at radius 1 is 0.743 bits per heavy atom. The number of aliphatic hydroxyl groups is 1. The molecule has 1 rings (SSSR count). The SMILES string of the molecule is CCCCCCCCCCCCCCCCCCOP(=O)(O)OC[C@@H](CO)OCc1ccccc1. The molecule has 1 aromatic rings. The molecule has 0 aliphatic heterocycles. The molecule has 0 amide bonds. The Bertz CT molecular complexity index is 627. The van der Waals surface area contributed by atoms with Gasteiger partial charge in [-0.3, -0.25) is 9.05 Å². The van der Waals surface area contributed by atoms with E-state index < -0.39 is 13.9 Å². The highest BCUT2D eigenvalue weighted by atomic mass is 31.2. The monoisotopic (exact) mass is 514 g/mol. The van der Waals surface area contributed by atoms with Crippen LogP contribution in [-0.2, 0) is 25.0 Å². The standard InChI is InChI=1S/C28H51O6P/c1-2-3-4-5-6-7-8-9-10-11-12-13-14-15-16-20-23-33-35(30,31)34-26-28(24-29)32-25-27-21-18-17-19-22-27/h17-19,21-22,28-29H,2-16,20,23-26H2,1H3,(H,30,31)/t28-/m1/s1. The molecule has 0 aliphatic rings. The molecule has 0 saturated carbocycles. The summed E-state index contributed by atoms with van der Waals surface area (Å²) in [5, 5.41) is 9.42. The lowest BCUT2D eigenvalue weighted by molar-refractivity contribution is -0.0298. The molecule has 6 nitrogen and oxygen atoms in total. The van der Waals surface area contributed by atoms with Gasteiger partial charge in [0.15, 0.2) is 0 Å². The lowest BCUT2D eigenvalue weighted by atomic mass is 10.0. The molecule has 35 heavy (non-hydrogen) atoms. The average Bonchev–Trinajstić information content (AvgIpc) is 2.86. The van der Waals surface area contributed by atoms with E-state index in [1.807, 2.05) is 30.3 Å². The quantitative estimate of drug-likeness (QED) is 0.102. The van der Waals surface area contributed by atoms with Crippen LogP contribution < -0.4 is 0 Å². The van der Waals surface area contributed by atoms with Crippen LogP contribution in [0.1, 0.15) is 115 Å². The van der Waals surface area contributed by atoms with Crippen LogP contribution in [0, 0.1) is 0 Å². The maximum absolute atomic E-state index is 12.0. The van der Waals surface area contributed by atoms with Crippen LogP contribution in [0.5, 0.6) is 0 Å². The van der Waals surface area contributed by atoms with Crippen LogP contribution in [0.2, 0.25) is 0 Å². The van der Waals surface area contributed by atoms with Crippen molar-refractivity contribution in [3.05, 3.63) is 35.9 Å². The van der Waals surface area contributed by atoms with Crippen LogP contribution in [-0.4, -0.2) is 35.9 Å². The predicted octanol–water partition coefficient (Wildman–Crippen LogP) is 7.96. The van der Waals surface area contributed by atoms with Crippen molar-refractivity contribution in [1.29, 1.82) is 0 Å². The van der Waals surface area contributed by atoms with Crippen molar-refractivity contribution in [3.63, 3.8) is 0 Å². The Hall–Kier alpha value is -0.750. The summed E-state index contributed by atoms with van der Waals surface area (Å²) in [5.74, 6) is 0. The average molecular weight is 515 g/mol. The van der Waals surface area contributed by atoms with Crippen molar-refractivity contribution in [2.75, 3.05) is 19.8 Å². The summed E-state index contributed by atoms with van der Waals surface area (Å²) in [4.78, 5) is 9.84. The number of hydrogen-bond acceptors (Lipinski definition) is 5. The largest absolute Gasteiger partial charge is 0.472 e. The van der Waals surface area contributed by atoms with Crippen LogP contribution >= 0.6 is 7.82 Å². The van der Waals surface area contributed by atoms with Crippen molar-refractivity contribution >= 4 is 7.82 Å². The maximum atomic E-state index is 12.0. The number of ether oxygens (including phenoxy) is 1. The van der Waals surface area contributed by atoms with E-state index in [0.29, 0.717) is 6.61 Å². The zero-order valence-electron chi connectivity index (χ0n) is 22.1. The van der Waals surface area contributed by atoms with Gasteiger partial charge >= 0.3 is 7.82 Å². The van der Waals surface area contributed by atoms with E-state index in [4.69, 9.17) is 13.8 Å². The van der Waals surface area contributed by atoms with E-state index in [1.54, 1.807) is 0 Å². The van der Waals surface area contributed by atoms with E-state index in [9.17, 15) is 14.6 Å². The highest BCUT2D eigenvalue weighted by molar-refractivity contribution is 7.47. The highest BCUT2D eigenvalue weighted by Crippen LogP contribution is 2.43. The Balaban J connectivity index is 1.91. The van der Waals surface area contributed by atoms with Gasteiger partial charge < -0.3 is 14.7 Å². The number of benzene rings is 1. The minimum absolute atomic E-state index is 0.195. The normalized spacial score (nSPS) is 14.1. The molecule has 2 atom stereocenters. The Kier molecular flexibility index (Phi) is 20.7. The first kappa shape index (κ1) is 32.3. The third-order valence-corrected chi connectivity index (χ3v) is 7.19. The summed E-state index contributed by atoms with van der Waals surface area (Å²) < 4.78 is 27.7. The molecule has 0 bridgehead atoms. The number of rotatable bonds is 25. The molecule has 1 unspecified atom stereocenters. The van der Waals surface area contributed by atoms with Gasteiger partial charge in [0.1, 0.15) is 6.10 Å². The molecular formula is C28H51O6P. The third kappa shape index (κ3) is 20.0. The molecule has 0 radical (unpaired) electrons. The summed E-state index contributed by atoms with van der Waals surface area (Å²) in [5.41, 5.74) is 0.956. The molecular weight excluding hydrogens is 463 g/mol. The van der Waals surface area contributed by atoms with Gasteiger partial charge in [-0.1, -0.05) is 134 Å². The van der Waals surface area contributed by atoms with Gasteiger partial charge in [-0.2, -0.15) is 0 Å². The molecule has 2 N–H and O–H groups in total. The topological polar surface area (TPSA) is 85.2 Å². The van der Waals surface area contributed by atoms with Crippen LogP contribution in [0.25, 0.3) is 0 Å². The number of phosphoric acid groups is 1. The van der Waals surface area contributed by atoms with Gasteiger partial charge in [-0.15, -0.1) is 0 Å². The molecule has 0 aromatic heterocycles. The number of phosphoric ester groups is 1. The summed E-state index contributed by atoms with van der Waals surface area (Å²) in [7, 11) is -4.14. The predicted molar refractivity (Wildman–Crippen MR) is 143 cm³/mol. The Labute approximate surface area is 214 Å². The zero-order chi connectivity index (χ0) is 25.5. The van der Waals surface area contributed by atoms with Crippen molar-refractivity contribution in [1.82, 2.24) is 0 Å². The highest BCUT2D eigenvalue weighted by Gasteiger charge is 2.23. The number of hydrogen-bond donors (Lipinski definition) is 2. The van der Waals surface area contributed by atoms with E-state index >= 15 is 0 Å². The molecule has 1 aromatic carbocycles. The zero-order valence-corrected chi connectivity index (χ0v) is 23.0. The number of aliphatic hydroxyl groups excluding tert-OH is 1. The molecule has 0 aliphatic carbocycles. The molecule has 0 saturated heterocycles. The summed E-state index contributed by atoms with van der Waals surface area (Å²) in [6.45, 7) is 2.26. The first-order chi connectivity index (χ1) is 17.1. The van der Waals surface area contributed by atoms with Crippen molar-refractivity contribution < 1.29 is 28.3 Å². The molecule has 7 heteroatoms. The lowest BCUT2D eigenvalue weighted by Gasteiger charge is -2.18. The Morgan fingerprint density at radius 3 is 1.71 bits per heavy atom. The van der Waals surface area contributed by atoms with Crippen molar-refractivity contribution in [2.24, 2.45) is 0 Å². The smallest absolute Gasteiger partial charge is 0.394 e. The van der Waals surface area contributed by atoms with Crippen LogP contribution in [0.4, 0.5) is 0 Å². The van der Waals surface area contributed by atoms with Gasteiger partial charge in [-0.05, 0) is 12.0 Å². The molecule has 204 valence electrons. The minimum Gasteiger partial charge on any atom is -0.394 e. The molecule has 0 fully saturated rings. The van der Waals surface area contributed by atoms with Crippen molar-refractivity contribution in [3.8, 4) is 0 Å². The van der Waals surface area contributed by atoms with E-state index in [2.05, 4.69) is 6.92 Å².